The van der Waals surface area contributed by atoms with Crippen LogP contribution in [0.1, 0.15) is 41.9 Å². The van der Waals surface area contributed by atoms with E-state index in [-0.39, 0.29) is 42.8 Å². The number of nitrogens with one attached hydrogen (secondary N) is 1. The molecule has 1 aliphatic rings. The van der Waals surface area contributed by atoms with Crippen LogP contribution in [0.25, 0.3) is 0 Å². The molecular weight excluding hydrogens is 647 g/mol. The van der Waals surface area contributed by atoms with E-state index in [0.29, 0.717) is 55.8 Å². The zero-order chi connectivity index (χ0) is 33.0. The fraction of sp³-hybridized carbons (Fsp3) is 0.548. The van der Waals surface area contributed by atoms with Gasteiger partial charge in [0.2, 0.25) is 0 Å². The lowest BCUT2D eigenvalue weighted by molar-refractivity contribution is -0.144. The Hall–Kier alpha value is -2.13. The topological polar surface area (TPSA) is 152 Å². The molecule has 3 atom stereocenters. The number of likely N-dealkylation sites (N-methyl/N-ethyl adjacent to an activating group) is 2. The first-order chi connectivity index (χ1) is 21.4. The quantitative estimate of drug-likeness (QED) is 0.188. The van der Waals surface area contributed by atoms with Crippen molar-refractivity contribution < 1.29 is 42.4 Å². The Morgan fingerprint density at radius 1 is 0.978 bits per heavy atom. The second kappa shape index (κ2) is 18.3. The highest BCUT2D eigenvalue weighted by Gasteiger charge is 2.29. The number of halogens is 2. The molecule has 11 nitrogen and oxygen atoms in total. The average Bonchev–Trinajstić information content (AvgIpc) is 3.02. The number of aliphatic hydroxyl groups excluding tert-OH is 2. The van der Waals surface area contributed by atoms with Gasteiger partial charge in [-0.3, -0.25) is 9.59 Å². The molecule has 0 fully saturated rings. The normalized spacial score (nSPS) is 16.6. The van der Waals surface area contributed by atoms with Gasteiger partial charge in [0.15, 0.2) is 21.7 Å². The number of ketones is 1. The van der Waals surface area contributed by atoms with Crippen LogP contribution in [-0.2, 0) is 40.2 Å². The van der Waals surface area contributed by atoms with Gasteiger partial charge in [-0.05, 0) is 60.8 Å². The summed E-state index contributed by atoms with van der Waals surface area (Å²) in [6.45, 7) is 3.14. The summed E-state index contributed by atoms with van der Waals surface area (Å²) in [6.07, 6.45) is -2.95. The largest absolute Gasteiger partial charge is 0.382 e. The highest BCUT2D eigenvalue weighted by atomic mass is 35.5. The fourth-order valence-electron chi connectivity index (χ4n) is 5.03. The van der Waals surface area contributed by atoms with Crippen LogP contribution in [-0.4, -0.2) is 113 Å². The van der Waals surface area contributed by atoms with E-state index < -0.39 is 33.7 Å². The van der Waals surface area contributed by atoms with Crippen molar-refractivity contribution in [2.45, 2.75) is 48.8 Å². The fourth-order valence-corrected chi connectivity index (χ4v) is 6.93. The first kappa shape index (κ1) is 37.3. The van der Waals surface area contributed by atoms with Gasteiger partial charge in [0, 0.05) is 55.7 Å². The van der Waals surface area contributed by atoms with E-state index in [2.05, 4.69) is 10.2 Å². The number of Topliss-reactive ketones (excluding diaryl/α,β-unsaturated/α-hetero) is 1. The van der Waals surface area contributed by atoms with Crippen LogP contribution in [0.5, 0.6) is 0 Å². The van der Waals surface area contributed by atoms with Crippen LogP contribution in [0.3, 0.4) is 0 Å². The lowest BCUT2D eigenvalue weighted by Gasteiger charge is -2.33. The Labute approximate surface area is 274 Å². The van der Waals surface area contributed by atoms with E-state index in [1.54, 1.807) is 24.3 Å². The molecule has 0 saturated heterocycles. The van der Waals surface area contributed by atoms with E-state index in [1.165, 1.54) is 7.05 Å². The summed E-state index contributed by atoms with van der Waals surface area (Å²) < 4.78 is 42.5. The Morgan fingerprint density at radius 2 is 1.62 bits per heavy atom. The Morgan fingerprint density at radius 3 is 2.29 bits per heavy atom. The molecule has 1 amide bonds. The summed E-state index contributed by atoms with van der Waals surface area (Å²) in [6, 6.07) is 10.7. The average molecular weight is 690 g/mol. The maximum absolute atomic E-state index is 13.1. The number of rotatable bonds is 19. The highest BCUT2D eigenvalue weighted by molar-refractivity contribution is 7.91. The van der Waals surface area contributed by atoms with Crippen molar-refractivity contribution in [3.8, 4) is 0 Å². The Bertz CT molecular complexity index is 1390. The number of hydrogen-bond acceptors (Lipinski definition) is 10. The lowest BCUT2D eigenvalue weighted by Crippen LogP contribution is -2.44. The molecule has 3 N–H and O–H groups in total. The highest BCUT2D eigenvalue weighted by Crippen LogP contribution is 2.38. The van der Waals surface area contributed by atoms with E-state index in [0.717, 1.165) is 16.7 Å². The Kier molecular flexibility index (Phi) is 15.2. The summed E-state index contributed by atoms with van der Waals surface area (Å²) in [5.41, 5.74) is 2.92. The van der Waals surface area contributed by atoms with Crippen molar-refractivity contribution in [1.29, 1.82) is 0 Å². The van der Waals surface area contributed by atoms with Gasteiger partial charge in [0.25, 0.3) is 5.91 Å². The minimum atomic E-state index is -3.52. The molecule has 0 radical (unpaired) electrons. The molecule has 2 aromatic rings. The Balaban J connectivity index is 1.31. The van der Waals surface area contributed by atoms with Gasteiger partial charge in [0.1, 0.15) is 6.10 Å². The number of ether oxygens (including phenoxy) is 3. The van der Waals surface area contributed by atoms with Gasteiger partial charge in [-0.2, -0.15) is 0 Å². The molecule has 3 unspecified atom stereocenters. The van der Waals surface area contributed by atoms with Gasteiger partial charge in [0.05, 0.1) is 37.1 Å². The number of aliphatic hydroxyl groups is 2. The van der Waals surface area contributed by atoms with Crippen LogP contribution in [0.4, 0.5) is 0 Å². The second-order valence-corrected chi connectivity index (χ2v) is 13.8. The third-order valence-electron chi connectivity index (χ3n) is 7.41. The standard InChI is InChI=1S/C31H42Cl2N2O9S/c1-34-31(39)30(38)29(37)28(36)8-4-9-42-11-13-44-14-12-43-10-5-15-45(40,41)23-7-3-6-21(16-23)25-19-35(2)20-26-24(25)17-22(32)18-27(26)33/h3,6-7,16-18,25,29-30,37-38H,4-5,8-15,19-20H2,1-2H3,(H,34,39). The SMILES string of the molecule is CNC(=O)C(O)C(O)C(=O)CCCOCCOCCOCCCS(=O)(=O)c1cccc(C2CN(C)Cc3c(Cl)cc(Cl)cc32)c1. The maximum Gasteiger partial charge on any atom is 0.251 e. The monoisotopic (exact) mass is 688 g/mol. The number of nitrogens with zero attached hydrogens (tertiary/aromatic N) is 1. The van der Waals surface area contributed by atoms with Gasteiger partial charge in [-0.1, -0.05) is 35.3 Å². The van der Waals surface area contributed by atoms with Gasteiger partial charge in [-0.15, -0.1) is 0 Å². The van der Waals surface area contributed by atoms with Gasteiger partial charge >= 0.3 is 0 Å². The third-order valence-corrected chi connectivity index (χ3v) is 9.77. The molecule has 0 aromatic heterocycles. The number of amides is 1. The minimum absolute atomic E-state index is 0.0393. The van der Waals surface area contributed by atoms with Crippen LogP contribution in [0.15, 0.2) is 41.3 Å². The predicted octanol–water partition coefficient (Wildman–Crippen LogP) is 2.60. The molecule has 0 saturated carbocycles. The minimum Gasteiger partial charge on any atom is -0.382 e. The number of carbonyl (C=O) groups excluding carboxylic acids is 2. The van der Waals surface area contributed by atoms with Crippen LogP contribution in [0.2, 0.25) is 10.0 Å². The molecule has 45 heavy (non-hydrogen) atoms. The zero-order valence-electron chi connectivity index (χ0n) is 25.5. The van der Waals surface area contributed by atoms with E-state index in [4.69, 9.17) is 37.4 Å². The molecule has 1 heterocycles. The lowest BCUT2D eigenvalue weighted by atomic mass is 9.85. The van der Waals surface area contributed by atoms with Crippen molar-refractivity contribution in [2.75, 3.05) is 66.0 Å². The summed E-state index contributed by atoms with van der Waals surface area (Å²) in [4.78, 5) is 25.5. The molecule has 0 bridgehead atoms. The van der Waals surface area contributed by atoms with Gasteiger partial charge < -0.3 is 34.6 Å². The summed E-state index contributed by atoms with van der Waals surface area (Å²) in [5.74, 6) is -1.57. The molecule has 250 valence electrons. The molecule has 3 rings (SSSR count). The van der Waals surface area contributed by atoms with Crippen LogP contribution < -0.4 is 5.32 Å². The number of fused-ring (bicyclic) bond motifs is 1. The van der Waals surface area contributed by atoms with Crippen LogP contribution >= 0.6 is 23.2 Å². The number of carbonyl (C=O) groups is 2. The molecule has 1 aliphatic heterocycles. The molecule has 14 heteroatoms. The van der Waals surface area contributed by atoms with E-state index >= 15 is 0 Å². The second-order valence-electron chi connectivity index (χ2n) is 10.9. The van der Waals surface area contributed by atoms with Crippen molar-refractivity contribution in [3.63, 3.8) is 0 Å². The summed E-state index contributed by atoms with van der Waals surface area (Å²) in [7, 11) is -0.215. The first-order valence-corrected chi connectivity index (χ1v) is 17.2. The number of benzene rings is 2. The maximum atomic E-state index is 13.1. The van der Waals surface area contributed by atoms with Crippen LogP contribution in [0, 0.1) is 0 Å². The predicted molar refractivity (Wildman–Crippen MR) is 171 cm³/mol. The zero-order valence-corrected chi connectivity index (χ0v) is 27.9. The molecule has 0 aliphatic carbocycles. The van der Waals surface area contributed by atoms with Crippen molar-refractivity contribution in [3.05, 3.63) is 63.1 Å². The molecule has 2 aromatic carbocycles. The molecule has 0 spiro atoms. The smallest absolute Gasteiger partial charge is 0.251 e. The van der Waals surface area contributed by atoms with E-state index in [1.807, 2.05) is 19.2 Å². The summed E-state index contributed by atoms with van der Waals surface area (Å²) >= 11 is 12.8. The summed E-state index contributed by atoms with van der Waals surface area (Å²) in [5, 5.41) is 22.6. The number of hydrogen-bond donors (Lipinski definition) is 3. The van der Waals surface area contributed by atoms with Crippen molar-refractivity contribution in [2.24, 2.45) is 0 Å². The molecular formula is C31H42Cl2N2O9S. The third kappa shape index (κ3) is 11.3. The van der Waals surface area contributed by atoms with Crippen molar-refractivity contribution >= 4 is 44.7 Å². The number of sulfone groups is 1. The van der Waals surface area contributed by atoms with E-state index in [9.17, 15) is 28.2 Å². The first-order valence-electron chi connectivity index (χ1n) is 14.8. The van der Waals surface area contributed by atoms with Gasteiger partial charge in [-0.25, -0.2) is 8.42 Å². The van der Waals surface area contributed by atoms with Crippen molar-refractivity contribution in [1.82, 2.24) is 10.2 Å².